The number of aromatic nitrogens is 2. The second-order valence-corrected chi connectivity index (χ2v) is 13.3. The Morgan fingerprint density at radius 2 is 1.05 bits per heavy atom. The highest BCUT2D eigenvalue weighted by Gasteiger charge is 2.43. The number of rotatable bonds is 4. The first-order valence-electron chi connectivity index (χ1n) is 12.9. The maximum absolute atomic E-state index is 13.6. The minimum absolute atomic E-state index is 0.0240. The monoisotopic (exact) mass is 674 g/mol. The fraction of sp³-hybridized carbons (Fsp3) is 0.133. The molecule has 3 aromatic heterocycles. The molecule has 0 saturated carbocycles. The number of halogens is 6. The molecule has 7 rings (SSSR count). The van der Waals surface area contributed by atoms with E-state index in [0.717, 1.165) is 61.4 Å². The van der Waals surface area contributed by atoms with Gasteiger partial charge >= 0.3 is 12.4 Å². The maximum atomic E-state index is 13.6. The zero-order chi connectivity index (χ0) is 31.0. The Bertz CT molecular complexity index is 2180. The Kier molecular flexibility index (Phi) is 6.88. The van der Waals surface area contributed by atoms with Crippen LogP contribution in [0.25, 0.3) is 52.8 Å². The van der Waals surface area contributed by atoms with Crippen molar-refractivity contribution < 1.29 is 26.3 Å². The van der Waals surface area contributed by atoms with Gasteiger partial charge < -0.3 is 0 Å². The molecule has 0 bridgehead atoms. The van der Waals surface area contributed by atoms with Crippen LogP contribution in [0, 0.1) is 13.8 Å². The SMILES string of the molecule is Cc1ccc(-c2ccc(-c3c4c(c(-c5ccc(-c6ccc(C(F)(F)F)c(C(F)(F)F)c6)s5)c5nsnc35)N=S=N4)s2)cc1C. The minimum Gasteiger partial charge on any atom is -0.172 e. The van der Waals surface area contributed by atoms with Crippen LogP contribution >= 0.6 is 34.4 Å². The first-order valence-corrected chi connectivity index (χ1v) is 16.0. The molecule has 1 aliphatic rings. The van der Waals surface area contributed by atoms with Crippen molar-refractivity contribution >= 4 is 68.2 Å². The van der Waals surface area contributed by atoms with Crippen molar-refractivity contribution in [2.24, 2.45) is 8.73 Å². The topological polar surface area (TPSA) is 50.5 Å². The van der Waals surface area contributed by atoms with Crippen LogP contribution in [0.15, 0.2) is 69.4 Å². The van der Waals surface area contributed by atoms with Gasteiger partial charge in [0.2, 0.25) is 0 Å². The van der Waals surface area contributed by atoms with Crippen molar-refractivity contribution in [1.82, 2.24) is 8.75 Å². The number of thiophene rings is 2. The summed E-state index contributed by atoms with van der Waals surface area (Å²) in [7, 11) is 0. The van der Waals surface area contributed by atoms with Crippen molar-refractivity contribution in [1.29, 1.82) is 0 Å². The third-order valence-electron chi connectivity index (χ3n) is 7.34. The smallest absolute Gasteiger partial charge is 0.172 e. The average Bonchev–Trinajstić information content (AvgIpc) is 3.79. The van der Waals surface area contributed by atoms with Gasteiger partial charge in [-0.2, -0.15) is 43.8 Å². The van der Waals surface area contributed by atoms with E-state index in [2.05, 4.69) is 55.6 Å². The van der Waals surface area contributed by atoms with Gasteiger partial charge in [0.15, 0.2) is 0 Å². The summed E-state index contributed by atoms with van der Waals surface area (Å²) in [5.74, 6) is 0. The van der Waals surface area contributed by atoms with Gasteiger partial charge in [0.25, 0.3) is 0 Å². The molecule has 0 amide bonds. The van der Waals surface area contributed by atoms with E-state index in [0.29, 0.717) is 49.9 Å². The number of benzene rings is 3. The molecule has 0 unspecified atom stereocenters. The first kappa shape index (κ1) is 29.0. The van der Waals surface area contributed by atoms with Gasteiger partial charge in [0.05, 0.1) is 34.2 Å². The summed E-state index contributed by atoms with van der Waals surface area (Å²) in [6, 6.07) is 15.8. The summed E-state index contributed by atoms with van der Waals surface area (Å²) >= 11 is 4.80. The molecule has 14 heteroatoms. The van der Waals surface area contributed by atoms with Gasteiger partial charge in [0.1, 0.15) is 22.4 Å². The second-order valence-electron chi connectivity index (χ2n) is 10.1. The largest absolute Gasteiger partial charge is 0.417 e. The van der Waals surface area contributed by atoms with E-state index in [1.807, 2.05) is 6.07 Å². The van der Waals surface area contributed by atoms with E-state index < -0.39 is 23.5 Å². The molecular weight excluding hydrogens is 659 g/mol. The van der Waals surface area contributed by atoms with E-state index in [1.54, 1.807) is 23.5 Å². The van der Waals surface area contributed by atoms with Crippen LogP contribution in [0.2, 0.25) is 0 Å². The van der Waals surface area contributed by atoms with Crippen LogP contribution < -0.4 is 0 Å². The van der Waals surface area contributed by atoms with Gasteiger partial charge in [-0.25, -0.2) is 0 Å². The standard InChI is InChI=1S/C30H16F6N4S4/c1-13-3-4-15(11-14(13)2)19-7-9-21(41-19)23-25-27(39-43-37-25)24(28-26(23)38-44-40-28)22-10-8-20(42-22)16-5-6-17(29(31,32)33)18(12-16)30(34,35)36/h3-12H,1-2H3. The Morgan fingerprint density at radius 3 is 1.57 bits per heavy atom. The molecule has 0 spiro atoms. The summed E-state index contributed by atoms with van der Waals surface area (Å²) in [6.45, 7) is 4.14. The first-order chi connectivity index (χ1) is 20.9. The molecular formula is C30H16F6N4S4. The van der Waals surface area contributed by atoms with Gasteiger partial charge in [-0.1, -0.05) is 24.3 Å². The fourth-order valence-corrected chi connectivity index (χ4v) is 8.27. The number of fused-ring (bicyclic) bond motifs is 2. The van der Waals surface area contributed by atoms with Crippen molar-refractivity contribution in [3.63, 3.8) is 0 Å². The Hall–Kier alpha value is -3.72. The second kappa shape index (κ2) is 10.4. The number of aryl methyl sites for hydroxylation is 2. The molecule has 0 atom stereocenters. The van der Waals surface area contributed by atoms with Crippen molar-refractivity contribution in [2.75, 3.05) is 0 Å². The highest BCUT2D eigenvalue weighted by molar-refractivity contribution is 7.58. The molecule has 4 heterocycles. The minimum atomic E-state index is -5.17. The highest BCUT2D eigenvalue weighted by atomic mass is 32.1. The summed E-state index contributed by atoms with van der Waals surface area (Å²) in [5, 5.41) is 0. The van der Waals surface area contributed by atoms with Gasteiger partial charge in [-0.3, -0.25) is 0 Å². The van der Waals surface area contributed by atoms with Crippen LogP contribution in [-0.4, -0.2) is 8.75 Å². The molecule has 4 nitrogen and oxygen atoms in total. The predicted octanol–water partition coefficient (Wildman–Crippen LogP) is 11.9. The van der Waals surface area contributed by atoms with Gasteiger partial charge in [-0.15, -0.1) is 22.7 Å². The van der Waals surface area contributed by atoms with Crippen LogP contribution in [0.5, 0.6) is 0 Å². The average molecular weight is 675 g/mol. The lowest BCUT2D eigenvalue weighted by Crippen LogP contribution is -2.16. The fourth-order valence-electron chi connectivity index (χ4n) is 5.05. The molecule has 3 aromatic carbocycles. The number of alkyl halides is 6. The molecule has 1 aliphatic heterocycles. The van der Waals surface area contributed by atoms with Crippen LogP contribution in [0.1, 0.15) is 22.3 Å². The highest BCUT2D eigenvalue weighted by Crippen LogP contribution is 2.55. The summed E-state index contributed by atoms with van der Waals surface area (Å²) < 4.78 is 99.1. The maximum Gasteiger partial charge on any atom is 0.417 e. The Balaban J connectivity index is 1.34. The Morgan fingerprint density at radius 1 is 0.545 bits per heavy atom. The third kappa shape index (κ3) is 4.89. The molecule has 0 saturated heterocycles. The van der Waals surface area contributed by atoms with Crippen molar-refractivity contribution in [3.8, 4) is 41.8 Å². The van der Waals surface area contributed by atoms with E-state index in [9.17, 15) is 26.3 Å². The lowest BCUT2D eigenvalue weighted by atomic mass is 10.0. The molecule has 0 radical (unpaired) electrons. The lowest BCUT2D eigenvalue weighted by molar-refractivity contribution is -0.162. The molecule has 6 aromatic rings. The van der Waals surface area contributed by atoms with Gasteiger partial charge in [-0.05, 0) is 72.5 Å². The number of hydrogen-bond acceptors (Lipinski definition) is 7. The van der Waals surface area contributed by atoms with Crippen molar-refractivity contribution in [3.05, 3.63) is 82.9 Å². The lowest BCUT2D eigenvalue weighted by Gasteiger charge is -2.16. The van der Waals surface area contributed by atoms with E-state index in [1.165, 1.54) is 11.1 Å². The zero-order valence-electron chi connectivity index (χ0n) is 22.5. The van der Waals surface area contributed by atoms with E-state index in [-0.39, 0.29) is 5.56 Å². The van der Waals surface area contributed by atoms with Crippen LogP contribution in [0.4, 0.5) is 37.7 Å². The normalized spacial score (nSPS) is 13.1. The van der Waals surface area contributed by atoms with E-state index >= 15 is 0 Å². The van der Waals surface area contributed by atoms with Crippen molar-refractivity contribution in [2.45, 2.75) is 26.2 Å². The molecule has 0 fully saturated rings. The molecule has 44 heavy (non-hydrogen) atoms. The van der Waals surface area contributed by atoms with Gasteiger partial charge in [0, 0.05) is 30.6 Å². The predicted molar refractivity (Wildman–Crippen MR) is 166 cm³/mol. The molecule has 0 N–H and O–H groups in total. The zero-order valence-corrected chi connectivity index (χ0v) is 25.7. The number of hydrogen-bond donors (Lipinski definition) is 0. The molecule has 0 aliphatic carbocycles. The number of nitrogens with zero attached hydrogens (tertiary/aromatic N) is 4. The third-order valence-corrected chi connectivity index (χ3v) is 10.7. The molecule has 222 valence electrons. The quantitative estimate of drug-likeness (QED) is 0.175. The summed E-state index contributed by atoms with van der Waals surface area (Å²) in [5.41, 5.74) is 3.91. The van der Waals surface area contributed by atoms with Crippen LogP contribution in [0.3, 0.4) is 0 Å². The Labute approximate surface area is 261 Å². The van der Waals surface area contributed by atoms with Crippen LogP contribution in [-0.2, 0) is 23.7 Å². The van der Waals surface area contributed by atoms with E-state index in [4.69, 9.17) is 0 Å². The summed E-state index contributed by atoms with van der Waals surface area (Å²) in [4.78, 5) is 3.03. The summed E-state index contributed by atoms with van der Waals surface area (Å²) in [6.07, 6.45) is -10.3.